The van der Waals surface area contributed by atoms with Crippen molar-refractivity contribution in [2.75, 3.05) is 14.2 Å². The summed E-state index contributed by atoms with van der Waals surface area (Å²) in [5, 5.41) is 2.05. The fourth-order valence-electron chi connectivity index (χ4n) is 1.81. The third kappa shape index (κ3) is 3.15. The van der Waals surface area contributed by atoms with Gasteiger partial charge in [-0.2, -0.15) is 0 Å². The van der Waals surface area contributed by atoms with Gasteiger partial charge in [-0.15, -0.1) is 11.3 Å². The molecule has 0 aliphatic rings. The van der Waals surface area contributed by atoms with Crippen molar-refractivity contribution < 1.29 is 9.53 Å². The highest BCUT2D eigenvalue weighted by molar-refractivity contribution is 7.10. The van der Waals surface area contributed by atoms with Gasteiger partial charge in [-0.3, -0.25) is 4.79 Å². The van der Waals surface area contributed by atoms with Gasteiger partial charge in [0.2, 0.25) is 0 Å². The molecule has 2 aromatic rings. The number of benzene rings is 1. The lowest BCUT2D eigenvalue weighted by atomic mass is 10.2. The predicted octanol–water partition coefficient (Wildman–Crippen LogP) is 3.34. The number of methoxy groups -OCH3 is 1. The summed E-state index contributed by atoms with van der Waals surface area (Å²) in [7, 11) is 3.44. The third-order valence-corrected chi connectivity index (χ3v) is 4.04. The first kappa shape index (κ1) is 13.6. The zero-order chi connectivity index (χ0) is 13.8. The molecule has 1 aromatic carbocycles. The summed E-state index contributed by atoms with van der Waals surface area (Å²) in [4.78, 5) is 15.2. The van der Waals surface area contributed by atoms with Gasteiger partial charge in [-0.1, -0.05) is 0 Å². The number of carbonyl (C=O) groups excluding carboxylic acids is 1. The van der Waals surface area contributed by atoms with Crippen LogP contribution in [0.5, 0.6) is 5.75 Å². The van der Waals surface area contributed by atoms with Crippen molar-refractivity contribution in [3.05, 3.63) is 51.7 Å². The lowest BCUT2D eigenvalue weighted by Crippen LogP contribution is -2.26. The number of ether oxygens (including phenoxy) is 1. The van der Waals surface area contributed by atoms with Crippen LogP contribution in [0.3, 0.4) is 0 Å². The minimum Gasteiger partial charge on any atom is -0.497 e. The maximum atomic E-state index is 12.3. The van der Waals surface area contributed by atoms with Crippen LogP contribution in [0.25, 0.3) is 0 Å². The highest BCUT2D eigenvalue weighted by atomic mass is 32.1. The minimum absolute atomic E-state index is 0.0236. The molecule has 0 fully saturated rings. The molecule has 0 spiro atoms. The van der Waals surface area contributed by atoms with Crippen molar-refractivity contribution in [3.63, 3.8) is 0 Å². The average Bonchev–Trinajstić information content (AvgIpc) is 2.83. The van der Waals surface area contributed by atoms with Crippen LogP contribution >= 0.6 is 11.3 Å². The van der Waals surface area contributed by atoms with E-state index in [0.717, 1.165) is 5.75 Å². The molecule has 3 nitrogen and oxygen atoms in total. The second kappa shape index (κ2) is 5.89. The van der Waals surface area contributed by atoms with E-state index in [1.165, 1.54) is 10.4 Å². The Balaban J connectivity index is 2.08. The van der Waals surface area contributed by atoms with E-state index in [-0.39, 0.29) is 5.91 Å². The van der Waals surface area contributed by atoms with Crippen molar-refractivity contribution in [1.82, 2.24) is 4.90 Å². The Morgan fingerprint density at radius 2 is 1.95 bits per heavy atom. The van der Waals surface area contributed by atoms with Crippen molar-refractivity contribution in [2.24, 2.45) is 0 Å². The lowest BCUT2D eigenvalue weighted by molar-refractivity contribution is 0.0786. The Morgan fingerprint density at radius 1 is 1.26 bits per heavy atom. The molecular formula is C15H17NO2S. The summed E-state index contributed by atoms with van der Waals surface area (Å²) in [6.45, 7) is 2.71. The first-order valence-corrected chi connectivity index (χ1v) is 6.92. The van der Waals surface area contributed by atoms with Crippen molar-refractivity contribution >= 4 is 17.2 Å². The number of rotatable bonds is 4. The standard InChI is InChI=1S/C15H17NO2S/c1-11-8-9-19-14(11)10-16(2)15(17)12-4-6-13(18-3)7-5-12/h4-9H,10H2,1-3H3. The molecule has 19 heavy (non-hydrogen) atoms. The van der Waals surface area contributed by atoms with Crippen LogP contribution in [-0.4, -0.2) is 25.0 Å². The largest absolute Gasteiger partial charge is 0.497 e. The van der Waals surface area contributed by atoms with Crippen LogP contribution < -0.4 is 4.74 Å². The summed E-state index contributed by atoms with van der Waals surface area (Å²) >= 11 is 1.68. The summed E-state index contributed by atoms with van der Waals surface area (Å²) < 4.78 is 5.09. The Bertz CT molecular complexity index is 560. The fraction of sp³-hybridized carbons (Fsp3) is 0.267. The first-order valence-electron chi connectivity index (χ1n) is 6.04. The molecule has 0 radical (unpaired) electrons. The van der Waals surface area contributed by atoms with Crippen LogP contribution in [0, 0.1) is 6.92 Å². The number of carbonyl (C=O) groups is 1. The SMILES string of the molecule is COc1ccc(C(=O)N(C)Cc2sccc2C)cc1. The van der Waals surface area contributed by atoms with Gasteiger partial charge in [0, 0.05) is 17.5 Å². The van der Waals surface area contributed by atoms with E-state index in [1.54, 1.807) is 47.6 Å². The molecule has 0 saturated carbocycles. The van der Waals surface area contributed by atoms with Crippen LogP contribution in [0.15, 0.2) is 35.7 Å². The van der Waals surface area contributed by atoms with E-state index >= 15 is 0 Å². The highest BCUT2D eigenvalue weighted by Crippen LogP contribution is 2.19. The summed E-state index contributed by atoms with van der Waals surface area (Å²) in [6, 6.07) is 9.26. The van der Waals surface area contributed by atoms with Gasteiger partial charge in [-0.25, -0.2) is 0 Å². The molecule has 100 valence electrons. The molecule has 0 N–H and O–H groups in total. The molecule has 0 unspecified atom stereocenters. The molecule has 1 heterocycles. The topological polar surface area (TPSA) is 29.5 Å². The summed E-state index contributed by atoms with van der Waals surface area (Å²) in [5.41, 5.74) is 1.91. The smallest absolute Gasteiger partial charge is 0.253 e. The van der Waals surface area contributed by atoms with Crippen molar-refractivity contribution in [3.8, 4) is 5.75 Å². The summed E-state index contributed by atoms with van der Waals surface area (Å²) in [5.74, 6) is 0.781. The first-order chi connectivity index (χ1) is 9.11. The monoisotopic (exact) mass is 275 g/mol. The molecule has 0 aliphatic heterocycles. The van der Waals surface area contributed by atoms with Gasteiger partial charge in [0.1, 0.15) is 5.75 Å². The third-order valence-electron chi connectivity index (χ3n) is 3.03. The fourth-order valence-corrected chi connectivity index (χ4v) is 2.77. The van der Waals surface area contributed by atoms with Gasteiger partial charge in [0.25, 0.3) is 5.91 Å². The van der Waals surface area contributed by atoms with Crippen LogP contribution in [0.1, 0.15) is 20.8 Å². The quantitative estimate of drug-likeness (QED) is 0.856. The second-order valence-electron chi connectivity index (χ2n) is 4.42. The molecule has 0 atom stereocenters. The molecule has 0 saturated heterocycles. The molecule has 2 rings (SSSR count). The number of thiophene rings is 1. The Morgan fingerprint density at radius 3 is 2.47 bits per heavy atom. The van der Waals surface area contributed by atoms with Gasteiger partial charge < -0.3 is 9.64 Å². The zero-order valence-electron chi connectivity index (χ0n) is 11.3. The van der Waals surface area contributed by atoms with Gasteiger partial charge >= 0.3 is 0 Å². The summed E-state index contributed by atoms with van der Waals surface area (Å²) in [6.07, 6.45) is 0. The average molecular weight is 275 g/mol. The zero-order valence-corrected chi connectivity index (χ0v) is 12.2. The normalized spacial score (nSPS) is 10.3. The predicted molar refractivity (Wildman–Crippen MR) is 77.8 cm³/mol. The Hall–Kier alpha value is -1.81. The van der Waals surface area contributed by atoms with E-state index in [1.807, 2.05) is 7.05 Å². The second-order valence-corrected chi connectivity index (χ2v) is 5.42. The maximum Gasteiger partial charge on any atom is 0.253 e. The highest BCUT2D eigenvalue weighted by Gasteiger charge is 2.13. The lowest BCUT2D eigenvalue weighted by Gasteiger charge is -2.17. The minimum atomic E-state index is 0.0236. The number of hydrogen-bond acceptors (Lipinski definition) is 3. The number of amides is 1. The van der Waals surface area contributed by atoms with Gasteiger partial charge in [0.15, 0.2) is 0 Å². The Kier molecular flexibility index (Phi) is 4.22. The molecule has 0 bridgehead atoms. The van der Waals surface area contributed by atoms with Crippen LogP contribution in [0.4, 0.5) is 0 Å². The molecular weight excluding hydrogens is 258 g/mol. The van der Waals surface area contributed by atoms with Crippen LogP contribution in [-0.2, 0) is 6.54 Å². The van der Waals surface area contributed by atoms with Crippen molar-refractivity contribution in [1.29, 1.82) is 0 Å². The molecule has 1 aromatic heterocycles. The molecule has 4 heteroatoms. The van der Waals surface area contributed by atoms with E-state index in [9.17, 15) is 4.79 Å². The van der Waals surface area contributed by atoms with Crippen LogP contribution in [0.2, 0.25) is 0 Å². The van der Waals surface area contributed by atoms with Gasteiger partial charge in [0.05, 0.1) is 13.7 Å². The molecule has 0 aliphatic carbocycles. The van der Waals surface area contributed by atoms with Gasteiger partial charge in [-0.05, 0) is 48.2 Å². The maximum absolute atomic E-state index is 12.3. The van der Waals surface area contributed by atoms with E-state index in [4.69, 9.17) is 4.74 Å². The number of nitrogens with zero attached hydrogens (tertiary/aromatic N) is 1. The Labute approximate surface area is 117 Å². The van der Waals surface area contributed by atoms with E-state index in [0.29, 0.717) is 12.1 Å². The molecule has 1 amide bonds. The van der Waals surface area contributed by atoms with E-state index < -0.39 is 0 Å². The van der Waals surface area contributed by atoms with Crippen molar-refractivity contribution in [2.45, 2.75) is 13.5 Å². The number of hydrogen-bond donors (Lipinski definition) is 0. The van der Waals surface area contributed by atoms with E-state index in [2.05, 4.69) is 18.4 Å². The number of aryl methyl sites for hydroxylation is 1.